The maximum atomic E-state index is 15.2. The average molecular weight is 445 g/mol. The Morgan fingerprint density at radius 1 is 1.24 bits per heavy atom. The minimum Gasteiger partial charge on any atom is -0.364 e. The van der Waals surface area contributed by atoms with Gasteiger partial charge in [-0.2, -0.15) is 4.39 Å². The molecule has 4 heterocycles. The molecule has 0 bridgehead atoms. The molecular formula is C24H25FN8. The third kappa shape index (κ3) is 5.25. The molecule has 33 heavy (non-hydrogen) atoms. The van der Waals surface area contributed by atoms with Crippen molar-refractivity contribution in [1.29, 1.82) is 0 Å². The highest BCUT2D eigenvalue weighted by atomic mass is 19.1. The van der Waals surface area contributed by atoms with E-state index in [9.17, 15) is 0 Å². The Labute approximate surface area is 192 Å². The SMILES string of the molecule is C=NC(=N/C=C(\C)CNc1ncnc(N2CCc3ncccc3C2)c1F)c1ccnc(C)c1. The van der Waals surface area contributed by atoms with E-state index in [1.54, 1.807) is 18.6 Å². The molecule has 0 radical (unpaired) electrons. The van der Waals surface area contributed by atoms with E-state index in [0.29, 0.717) is 25.5 Å². The van der Waals surface area contributed by atoms with E-state index in [4.69, 9.17) is 0 Å². The van der Waals surface area contributed by atoms with Crippen LogP contribution in [0.2, 0.25) is 0 Å². The van der Waals surface area contributed by atoms with Crippen molar-refractivity contribution in [3.05, 3.63) is 83.1 Å². The van der Waals surface area contributed by atoms with Gasteiger partial charge in [0.15, 0.2) is 17.5 Å². The lowest BCUT2D eigenvalue weighted by Gasteiger charge is -2.29. The predicted molar refractivity (Wildman–Crippen MR) is 128 cm³/mol. The summed E-state index contributed by atoms with van der Waals surface area (Å²) < 4.78 is 15.2. The van der Waals surface area contributed by atoms with E-state index in [-0.39, 0.29) is 11.6 Å². The first-order chi connectivity index (χ1) is 16.0. The van der Waals surface area contributed by atoms with Crippen molar-refractivity contribution in [1.82, 2.24) is 19.9 Å². The highest BCUT2D eigenvalue weighted by Crippen LogP contribution is 2.26. The minimum atomic E-state index is -0.471. The van der Waals surface area contributed by atoms with Crippen molar-refractivity contribution in [3.8, 4) is 0 Å². The first-order valence-corrected chi connectivity index (χ1v) is 10.6. The van der Waals surface area contributed by atoms with E-state index in [2.05, 4.69) is 42.0 Å². The average Bonchev–Trinajstić information content (AvgIpc) is 2.83. The molecule has 0 amide bonds. The molecule has 0 saturated carbocycles. The number of nitrogens with zero attached hydrogens (tertiary/aromatic N) is 7. The van der Waals surface area contributed by atoms with Gasteiger partial charge in [0.2, 0.25) is 5.82 Å². The first-order valence-electron chi connectivity index (χ1n) is 10.6. The number of pyridine rings is 2. The van der Waals surface area contributed by atoms with Gasteiger partial charge in [-0.15, -0.1) is 0 Å². The second-order valence-corrected chi connectivity index (χ2v) is 7.77. The molecule has 4 rings (SSSR count). The molecule has 0 atom stereocenters. The summed E-state index contributed by atoms with van der Waals surface area (Å²) in [6.45, 7) is 8.97. The third-order valence-corrected chi connectivity index (χ3v) is 5.28. The summed E-state index contributed by atoms with van der Waals surface area (Å²) in [6, 6.07) is 7.63. The third-order valence-electron chi connectivity index (χ3n) is 5.28. The number of aliphatic imine (C=N–C) groups is 2. The Morgan fingerprint density at radius 3 is 2.94 bits per heavy atom. The van der Waals surface area contributed by atoms with Crippen molar-refractivity contribution < 1.29 is 4.39 Å². The van der Waals surface area contributed by atoms with Gasteiger partial charge in [0, 0.05) is 61.6 Å². The topological polar surface area (TPSA) is 91.5 Å². The quantitative estimate of drug-likeness (QED) is 0.460. The van der Waals surface area contributed by atoms with Gasteiger partial charge >= 0.3 is 0 Å². The van der Waals surface area contributed by atoms with Gasteiger partial charge < -0.3 is 10.2 Å². The summed E-state index contributed by atoms with van der Waals surface area (Å²) in [5.74, 6) is 0.463. The zero-order valence-electron chi connectivity index (χ0n) is 18.7. The van der Waals surface area contributed by atoms with Gasteiger partial charge in [-0.05, 0) is 49.9 Å². The summed E-state index contributed by atoms with van der Waals surface area (Å²) in [7, 11) is 0. The Kier molecular flexibility index (Phi) is 6.77. The van der Waals surface area contributed by atoms with E-state index >= 15 is 4.39 Å². The monoisotopic (exact) mass is 444 g/mol. The number of anilines is 2. The lowest BCUT2D eigenvalue weighted by Crippen LogP contribution is -2.32. The highest BCUT2D eigenvalue weighted by molar-refractivity contribution is 6.01. The Morgan fingerprint density at radius 2 is 2.12 bits per heavy atom. The number of aromatic nitrogens is 4. The van der Waals surface area contributed by atoms with Crippen LogP contribution in [0.3, 0.4) is 0 Å². The number of hydrogen-bond acceptors (Lipinski definition) is 7. The van der Waals surface area contributed by atoms with E-state index < -0.39 is 5.82 Å². The second-order valence-electron chi connectivity index (χ2n) is 7.77. The van der Waals surface area contributed by atoms with Gasteiger partial charge in [-0.1, -0.05) is 6.07 Å². The fraction of sp³-hybridized carbons (Fsp3) is 0.250. The molecule has 0 spiro atoms. The standard InChI is InChI=1S/C24H25FN8/c1-16(12-29-22(26-3)18-6-9-27-17(2)11-18)13-30-23-21(25)24(32-15-31-23)33-10-7-20-19(14-33)5-4-8-28-20/h4-6,8-9,11-12,15H,3,7,10,13-14H2,1-2H3,(H,30,31,32)/b16-12+,29-22?. The van der Waals surface area contributed by atoms with Crippen molar-refractivity contribution in [3.63, 3.8) is 0 Å². The molecule has 3 aromatic heterocycles. The predicted octanol–water partition coefficient (Wildman–Crippen LogP) is 3.74. The van der Waals surface area contributed by atoms with Crippen LogP contribution in [0, 0.1) is 12.7 Å². The summed E-state index contributed by atoms with van der Waals surface area (Å²) in [5, 5.41) is 3.04. The lowest BCUT2D eigenvalue weighted by molar-refractivity contribution is 0.595. The Hall–Kier alpha value is -4.01. The summed E-state index contributed by atoms with van der Waals surface area (Å²) in [5.41, 5.74) is 4.72. The summed E-state index contributed by atoms with van der Waals surface area (Å²) in [6.07, 6.45) is 7.30. The zero-order chi connectivity index (χ0) is 23.2. The van der Waals surface area contributed by atoms with Gasteiger partial charge in [-0.25, -0.2) is 20.0 Å². The lowest BCUT2D eigenvalue weighted by atomic mass is 10.1. The fourth-order valence-electron chi connectivity index (χ4n) is 3.58. The smallest absolute Gasteiger partial charge is 0.207 e. The molecule has 0 fully saturated rings. The van der Waals surface area contributed by atoms with Gasteiger partial charge in [-0.3, -0.25) is 9.97 Å². The fourth-order valence-corrected chi connectivity index (χ4v) is 3.58. The van der Waals surface area contributed by atoms with Crippen LogP contribution in [-0.4, -0.2) is 45.6 Å². The van der Waals surface area contributed by atoms with Crippen LogP contribution in [-0.2, 0) is 13.0 Å². The highest BCUT2D eigenvalue weighted by Gasteiger charge is 2.22. The number of amidine groups is 1. The maximum absolute atomic E-state index is 15.2. The second kappa shape index (κ2) is 10.1. The molecule has 1 aliphatic rings. The van der Waals surface area contributed by atoms with Crippen molar-refractivity contribution in [2.24, 2.45) is 9.98 Å². The molecule has 3 aromatic rings. The van der Waals surface area contributed by atoms with Crippen LogP contribution in [0.15, 0.2) is 64.7 Å². The molecule has 0 unspecified atom stereocenters. The van der Waals surface area contributed by atoms with E-state index in [1.165, 1.54) is 6.33 Å². The molecule has 8 nitrogen and oxygen atoms in total. The van der Waals surface area contributed by atoms with Crippen LogP contribution in [0.5, 0.6) is 0 Å². The van der Waals surface area contributed by atoms with Crippen LogP contribution >= 0.6 is 0 Å². The molecule has 0 aliphatic carbocycles. The zero-order valence-corrected chi connectivity index (χ0v) is 18.7. The van der Waals surface area contributed by atoms with Crippen LogP contribution in [0.4, 0.5) is 16.0 Å². The first kappa shape index (κ1) is 22.2. The van der Waals surface area contributed by atoms with Crippen molar-refractivity contribution in [2.75, 3.05) is 23.3 Å². The van der Waals surface area contributed by atoms with Crippen LogP contribution < -0.4 is 10.2 Å². The molecular weight excluding hydrogens is 419 g/mol. The minimum absolute atomic E-state index is 0.153. The van der Waals surface area contributed by atoms with Gasteiger partial charge in [0.05, 0.1) is 0 Å². The summed E-state index contributed by atoms with van der Waals surface area (Å²) in [4.78, 5) is 27.2. The van der Waals surface area contributed by atoms with Crippen LogP contribution in [0.1, 0.15) is 29.4 Å². The van der Waals surface area contributed by atoms with Crippen molar-refractivity contribution >= 4 is 24.2 Å². The molecule has 1 aliphatic heterocycles. The number of hydrogen-bond donors (Lipinski definition) is 1. The number of rotatable bonds is 6. The normalized spacial score (nSPS) is 14.1. The molecule has 168 valence electrons. The van der Waals surface area contributed by atoms with Crippen molar-refractivity contribution in [2.45, 2.75) is 26.8 Å². The molecule has 0 aromatic carbocycles. The maximum Gasteiger partial charge on any atom is 0.207 e. The van der Waals surface area contributed by atoms with E-state index in [0.717, 1.165) is 34.5 Å². The van der Waals surface area contributed by atoms with Crippen LogP contribution in [0.25, 0.3) is 0 Å². The molecule has 9 heteroatoms. The van der Waals surface area contributed by atoms with E-state index in [1.807, 2.05) is 43.0 Å². The number of nitrogens with one attached hydrogen (secondary N) is 1. The van der Waals surface area contributed by atoms with Gasteiger partial charge in [0.1, 0.15) is 6.33 Å². The van der Waals surface area contributed by atoms with Gasteiger partial charge in [0.25, 0.3) is 0 Å². The summed E-state index contributed by atoms with van der Waals surface area (Å²) >= 11 is 0. The largest absolute Gasteiger partial charge is 0.364 e. The number of halogens is 1. The Balaban J connectivity index is 1.45. The Bertz CT molecular complexity index is 1220. The number of fused-ring (bicyclic) bond motifs is 1. The number of aryl methyl sites for hydroxylation is 1. The molecule has 0 saturated heterocycles. The molecule has 1 N–H and O–H groups in total.